The van der Waals surface area contributed by atoms with Crippen LogP contribution in [0.2, 0.25) is 0 Å². The predicted molar refractivity (Wildman–Crippen MR) is 321 cm³/mol. The lowest BCUT2D eigenvalue weighted by molar-refractivity contribution is -0.167. The van der Waals surface area contributed by atoms with E-state index < -0.39 is 6.10 Å². The first-order valence-corrected chi connectivity index (χ1v) is 33.7. The first kappa shape index (κ1) is 72.2. The number of rotatable bonds is 63. The van der Waals surface area contributed by atoms with E-state index in [0.717, 1.165) is 57.8 Å². The summed E-state index contributed by atoms with van der Waals surface area (Å²) in [6.45, 7) is 6.73. The van der Waals surface area contributed by atoms with Crippen LogP contribution in [-0.4, -0.2) is 37.2 Å². The molecule has 0 rings (SSSR count). The van der Waals surface area contributed by atoms with E-state index in [9.17, 15) is 14.4 Å². The molecule has 438 valence electrons. The average molecular weight is 1040 g/mol. The van der Waals surface area contributed by atoms with Crippen molar-refractivity contribution in [1.82, 2.24) is 0 Å². The van der Waals surface area contributed by atoms with Crippen LogP contribution in [0.5, 0.6) is 0 Å². The molecule has 0 aliphatic carbocycles. The standard InChI is InChI=1S/C68H130O6/c1-4-7-10-13-16-19-22-25-28-30-32-34-36-37-40-43-46-49-52-55-58-61-67(70)73-64-65(63-72-66(69)60-57-54-51-48-45-42-39-27-24-21-18-15-12-9-6-3)74-68(71)62-59-56-53-50-47-44-41-38-35-33-31-29-26-23-20-17-14-11-8-5-2/h30,32,65H,4-29,31,33-64H2,1-3H3/b32-30-. The monoisotopic (exact) mass is 1040 g/mol. The fourth-order valence-electron chi connectivity index (χ4n) is 10.4. The van der Waals surface area contributed by atoms with Gasteiger partial charge in [0.15, 0.2) is 6.10 Å². The van der Waals surface area contributed by atoms with Gasteiger partial charge in [-0.15, -0.1) is 0 Å². The van der Waals surface area contributed by atoms with E-state index in [0.29, 0.717) is 19.3 Å². The van der Waals surface area contributed by atoms with Gasteiger partial charge in [0.05, 0.1) is 0 Å². The van der Waals surface area contributed by atoms with Crippen molar-refractivity contribution in [3.8, 4) is 0 Å². The van der Waals surface area contributed by atoms with Crippen LogP contribution in [0, 0.1) is 0 Å². The van der Waals surface area contributed by atoms with Crippen molar-refractivity contribution in [2.75, 3.05) is 13.2 Å². The maximum absolute atomic E-state index is 12.9. The Balaban J connectivity index is 4.28. The molecule has 0 bridgehead atoms. The molecular weight excluding hydrogens is 913 g/mol. The van der Waals surface area contributed by atoms with Gasteiger partial charge in [-0.1, -0.05) is 335 Å². The maximum Gasteiger partial charge on any atom is 0.306 e. The van der Waals surface area contributed by atoms with Crippen LogP contribution in [0.4, 0.5) is 0 Å². The van der Waals surface area contributed by atoms with Gasteiger partial charge >= 0.3 is 17.9 Å². The molecule has 0 saturated heterocycles. The Morgan fingerprint density at radius 2 is 0.446 bits per heavy atom. The largest absolute Gasteiger partial charge is 0.462 e. The van der Waals surface area contributed by atoms with Gasteiger partial charge in [-0.3, -0.25) is 14.4 Å². The molecule has 0 saturated carbocycles. The summed E-state index contributed by atoms with van der Waals surface area (Å²) in [7, 11) is 0. The summed E-state index contributed by atoms with van der Waals surface area (Å²) >= 11 is 0. The zero-order chi connectivity index (χ0) is 53.6. The fourth-order valence-corrected chi connectivity index (χ4v) is 10.4. The second kappa shape index (κ2) is 63.7. The van der Waals surface area contributed by atoms with Crippen molar-refractivity contribution in [3.63, 3.8) is 0 Å². The number of hydrogen-bond donors (Lipinski definition) is 0. The second-order valence-corrected chi connectivity index (χ2v) is 23.1. The average Bonchev–Trinajstić information content (AvgIpc) is 3.40. The van der Waals surface area contributed by atoms with E-state index in [-0.39, 0.29) is 31.1 Å². The minimum absolute atomic E-state index is 0.0636. The normalized spacial score (nSPS) is 12.0. The Labute approximate surface area is 462 Å². The van der Waals surface area contributed by atoms with E-state index in [1.807, 2.05) is 0 Å². The number of esters is 3. The Hall–Kier alpha value is -1.85. The summed E-state index contributed by atoms with van der Waals surface area (Å²) in [6, 6.07) is 0. The van der Waals surface area contributed by atoms with Crippen LogP contribution in [0.25, 0.3) is 0 Å². The summed E-state index contributed by atoms with van der Waals surface area (Å²) in [5, 5.41) is 0. The molecule has 0 aromatic heterocycles. The van der Waals surface area contributed by atoms with Gasteiger partial charge in [0.2, 0.25) is 0 Å². The van der Waals surface area contributed by atoms with Crippen molar-refractivity contribution in [2.24, 2.45) is 0 Å². The molecule has 0 aliphatic rings. The molecule has 6 heteroatoms. The topological polar surface area (TPSA) is 78.9 Å². The lowest BCUT2D eigenvalue weighted by atomic mass is 10.0. The zero-order valence-electron chi connectivity index (χ0n) is 50.4. The highest BCUT2D eigenvalue weighted by Gasteiger charge is 2.19. The summed E-state index contributed by atoms with van der Waals surface area (Å²) in [5.41, 5.74) is 0. The van der Waals surface area contributed by atoms with Crippen LogP contribution in [0.3, 0.4) is 0 Å². The summed E-state index contributed by atoms with van der Waals surface area (Å²) < 4.78 is 17.0. The Morgan fingerprint density at radius 3 is 0.676 bits per heavy atom. The third kappa shape index (κ3) is 61.0. The van der Waals surface area contributed by atoms with Gasteiger partial charge < -0.3 is 14.2 Å². The van der Waals surface area contributed by atoms with E-state index in [2.05, 4.69) is 32.9 Å². The zero-order valence-corrected chi connectivity index (χ0v) is 50.4. The Bertz CT molecular complexity index is 1150. The van der Waals surface area contributed by atoms with Gasteiger partial charge in [0, 0.05) is 19.3 Å². The van der Waals surface area contributed by atoms with Crippen LogP contribution in [-0.2, 0) is 28.6 Å². The van der Waals surface area contributed by atoms with Crippen molar-refractivity contribution in [2.45, 2.75) is 393 Å². The number of carbonyl (C=O) groups excluding carboxylic acids is 3. The van der Waals surface area contributed by atoms with E-state index in [1.165, 1.54) is 289 Å². The van der Waals surface area contributed by atoms with Crippen LogP contribution >= 0.6 is 0 Å². The van der Waals surface area contributed by atoms with Crippen LogP contribution < -0.4 is 0 Å². The van der Waals surface area contributed by atoms with E-state index in [4.69, 9.17) is 14.2 Å². The molecule has 0 heterocycles. The first-order valence-electron chi connectivity index (χ1n) is 33.7. The van der Waals surface area contributed by atoms with Gasteiger partial charge in [-0.05, 0) is 44.9 Å². The molecule has 0 spiro atoms. The highest BCUT2D eigenvalue weighted by Crippen LogP contribution is 2.18. The molecular formula is C68H130O6. The Kier molecular flexibility index (Phi) is 62.1. The molecule has 74 heavy (non-hydrogen) atoms. The molecule has 0 aromatic carbocycles. The molecule has 1 atom stereocenters. The first-order chi connectivity index (χ1) is 36.5. The van der Waals surface area contributed by atoms with Gasteiger partial charge in [-0.25, -0.2) is 0 Å². The lowest BCUT2D eigenvalue weighted by Crippen LogP contribution is -2.30. The molecule has 1 unspecified atom stereocenters. The molecule has 0 N–H and O–H groups in total. The SMILES string of the molecule is CCCCCCCCCC/C=C\CCCCCCCCCCCC(=O)OCC(COC(=O)CCCCCCCCCCCCCCCCC)OC(=O)CCCCCCCCCCCCCCCCCCCCCC. The molecule has 0 aliphatic heterocycles. The highest BCUT2D eigenvalue weighted by atomic mass is 16.6. The molecule has 0 fully saturated rings. The van der Waals surface area contributed by atoms with E-state index in [1.54, 1.807) is 0 Å². The smallest absolute Gasteiger partial charge is 0.306 e. The highest BCUT2D eigenvalue weighted by molar-refractivity contribution is 5.71. The van der Waals surface area contributed by atoms with Gasteiger partial charge in [0.1, 0.15) is 13.2 Å². The Morgan fingerprint density at radius 1 is 0.257 bits per heavy atom. The number of carbonyl (C=O) groups is 3. The number of unbranched alkanes of at least 4 members (excludes halogenated alkanes) is 50. The molecule has 0 aromatic rings. The number of allylic oxidation sites excluding steroid dienone is 2. The predicted octanol–water partition coefficient (Wildman–Crippen LogP) is 22.8. The number of ether oxygens (including phenoxy) is 3. The van der Waals surface area contributed by atoms with Crippen molar-refractivity contribution in [1.29, 1.82) is 0 Å². The summed E-state index contributed by atoms with van der Waals surface area (Å²) in [5.74, 6) is -0.831. The van der Waals surface area contributed by atoms with Crippen LogP contribution in [0.15, 0.2) is 12.2 Å². The van der Waals surface area contributed by atoms with Crippen molar-refractivity contribution < 1.29 is 28.6 Å². The van der Waals surface area contributed by atoms with Crippen molar-refractivity contribution >= 4 is 17.9 Å². The second-order valence-electron chi connectivity index (χ2n) is 23.1. The minimum Gasteiger partial charge on any atom is -0.462 e. The van der Waals surface area contributed by atoms with Gasteiger partial charge in [0.25, 0.3) is 0 Å². The summed E-state index contributed by atoms with van der Waals surface area (Å²) in [6.07, 6.45) is 75.1. The molecule has 0 amide bonds. The van der Waals surface area contributed by atoms with Gasteiger partial charge in [-0.2, -0.15) is 0 Å². The van der Waals surface area contributed by atoms with Crippen molar-refractivity contribution in [3.05, 3.63) is 12.2 Å². The third-order valence-corrected chi connectivity index (χ3v) is 15.5. The lowest BCUT2D eigenvalue weighted by Gasteiger charge is -2.18. The van der Waals surface area contributed by atoms with E-state index >= 15 is 0 Å². The molecule has 6 nitrogen and oxygen atoms in total. The van der Waals surface area contributed by atoms with Crippen LogP contribution in [0.1, 0.15) is 387 Å². The third-order valence-electron chi connectivity index (χ3n) is 15.5. The maximum atomic E-state index is 12.9. The fraction of sp³-hybridized carbons (Fsp3) is 0.926. The number of hydrogen-bond acceptors (Lipinski definition) is 6. The minimum atomic E-state index is -0.766. The summed E-state index contributed by atoms with van der Waals surface area (Å²) in [4.78, 5) is 38.4. The quantitative estimate of drug-likeness (QED) is 0.0261. The molecule has 0 radical (unpaired) electrons.